The molecule has 0 aromatic rings. The lowest BCUT2D eigenvalue weighted by Gasteiger charge is -2.48. The maximum Gasteiger partial charge on any atom is 0.317 e. The second kappa shape index (κ2) is 6.25. The monoisotopic (exact) mass is 320 g/mol. The van der Waals surface area contributed by atoms with E-state index in [1.54, 1.807) is 0 Å². The van der Waals surface area contributed by atoms with Crippen LogP contribution in [0, 0.1) is 5.92 Å². The van der Waals surface area contributed by atoms with E-state index in [4.69, 9.17) is 0 Å². The van der Waals surface area contributed by atoms with Gasteiger partial charge in [0.1, 0.15) is 0 Å². The number of fused-ring (bicyclic) bond motifs is 2. The smallest absolute Gasteiger partial charge is 0.317 e. The third kappa shape index (κ3) is 3.10. The molecule has 4 aliphatic rings. The van der Waals surface area contributed by atoms with Crippen LogP contribution in [0.3, 0.4) is 0 Å². The van der Waals surface area contributed by atoms with Gasteiger partial charge in [0.15, 0.2) is 0 Å². The molecule has 2 amide bonds. The van der Waals surface area contributed by atoms with E-state index in [1.165, 1.54) is 45.2 Å². The second-order valence-electron chi connectivity index (χ2n) is 8.44. The fourth-order valence-electron chi connectivity index (χ4n) is 5.20. The Labute approximate surface area is 140 Å². The Kier molecular flexibility index (Phi) is 4.26. The first-order valence-corrected chi connectivity index (χ1v) is 9.68. The van der Waals surface area contributed by atoms with E-state index in [0.717, 1.165) is 38.4 Å². The average Bonchev–Trinajstić information content (AvgIpc) is 3.19. The van der Waals surface area contributed by atoms with Crippen LogP contribution in [0.25, 0.3) is 0 Å². The number of likely N-dealkylation sites (tertiary alicyclic amines) is 2. The Morgan fingerprint density at radius 2 is 1.83 bits per heavy atom. The first-order chi connectivity index (χ1) is 11.1. The van der Waals surface area contributed by atoms with Crippen molar-refractivity contribution in [2.75, 3.05) is 32.7 Å². The van der Waals surface area contributed by atoms with E-state index in [1.807, 2.05) is 0 Å². The van der Waals surface area contributed by atoms with Crippen LogP contribution in [0.4, 0.5) is 4.79 Å². The molecular weight excluding hydrogens is 288 g/mol. The first kappa shape index (κ1) is 15.7. The van der Waals surface area contributed by atoms with Crippen molar-refractivity contribution >= 4 is 6.03 Å². The molecule has 3 heterocycles. The zero-order chi connectivity index (χ0) is 15.9. The topological polar surface area (TPSA) is 47.6 Å². The van der Waals surface area contributed by atoms with Crippen molar-refractivity contribution in [1.29, 1.82) is 0 Å². The van der Waals surface area contributed by atoms with Crippen LogP contribution in [0.15, 0.2) is 0 Å². The number of amides is 2. The Morgan fingerprint density at radius 1 is 1.09 bits per heavy atom. The number of urea groups is 1. The highest BCUT2D eigenvalue weighted by molar-refractivity contribution is 5.74. The summed E-state index contributed by atoms with van der Waals surface area (Å²) in [7, 11) is 0. The van der Waals surface area contributed by atoms with Crippen molar-refractivity contribution in [1.82, 2.24) is 20.4 Å². The zero-order valence-corrected chi connectivity index (χ0v) is 14.5. The highest BCUT2D eigenvalue weighted by Gasteiger charge is 2.42. The molecule has 1 saturated carbocycles. The SMILES string of the molecule is CC1(N2CCCCC2)CCN(C(=O)N[C@@H]2C[C@H]3CN[C@@H]2C3)CC1. The number of rotatable bonds is 2. The number of hydrogen-bond acceptors (Lipinski definition) is 3. The van der Waals surface area contributed by atoms with Gasteiger partial charge in [0.25, 0.3) is 0 Å². The largest absolute Gasteiger partial charge is 0.334 e. The van der Waals surface area contributed by atoms with Crippen molar-refractivity contribution in [3.63, 3.8) is 0 Å². The average molecular weight is 320 g/mol. The second-order valence-corrected chi connectivity index (χ2v) is 8.44. The Balaban J connectivity index is 1.28. The van der Waals surface area contributed by atoms with Crippen LogP contribution in [0.2, 0.25) is 0 Å². The highest BCUT2D eigenvalue weighted by atomic mass is 16.2. The van der Waals surface area contributed by atoms with Crippen molar-refractivity contribution in [2.45, 2.75) is 69.5 Å². The van der Waals surface area contributed by atoms with E-state index in [0.29, 0.717) is 17.6 Å². The van der Waals surface area contributed by atoms with Gasteiger partial charge in [-0.3, -0.25) is 4.90 Å². The van der Waals surface area contributed by atoms with E-state index in [-0.39, 0.29) is 6.03 Å². The van der Waals surface area contributed by atoms with Gasteiger partial charge in [-0.2, -0.15) is 0 Å². The van der Waals surface area contributed by atoms with Crippen molar-refractivity contribution in [3.8, 4) is 0 Å². The zero-order valence-electron chi connectivity index (χ0n) is 14.5. The molecule has 3 aliphatic heterocycles. The number of carbonyl (C=O) groups excluding carboxylic acids is 1. The number of piperidine rings is 3. The Hall–Kier alpha value is -0.810. The van der Waals surface area contributed by atoms with Gasteiger partial charge < -0.3 is 15.5 Å². The van der Waals surface area contributed by atoms with Gasteiger partial charge in [0.2, 0.25) is 0 Å². The van der Waals surface area contributed by atoms with Gasteiger partial charge in [-0.05, 0) is 71.0 Å². The van der Waals surface area contributed by atoms with Crippen LogP contribution in [0.1, 0.15) is 51.9 Å². The number of hydrogen-bond donors (Lipinski definition) is 2. The molecule has 5 nitrogen and oxygen atoms in total. The molecule has 2 bridgehead atoms. The van der Waals surface area contributed by atoms with Gasteiger partial charge in [-0.25, -0.2) is 4.79 Å². The van der Waals surface area contributed by atoms with Crippen LogP contribution in [-0.4, -0.2) is 66.2 Å². The predicted molar refractivity (Wildman–Crippen MR) is 91.5 cm³/mol. The van der Waals surface area contributed by atoms with Crippen molar-refractivity contribution < 1.29 is 4.79 Å². The molecule has 0 unspecified atom stereocenters. The fraction of sp³-hybridized carbons (Fsp3) is 0.944. The van der Waals surface area contributed by atoms with Gasteiger partial charge in [-0.15, -0.1) is 0 Å². The van der Waals surface area contributed by atoms with Gasteiger partial charge in [-0.1, -0.05) is 6.42 Å². The van der Waals surface area contributed by atoms with E-state index < -0.39 is 0 Å². The molecule has 4 rings (SSSR count). The molecule has 23 heavy (non-hydrogen) atoms. The van der Waals surface area contributed by atoms with E-state index in [9.17, 15) is 4.79 Å². The third-order valence-corrected chi connectivity index (χ3v) is 6.89. The van der Waals surface area contributed by atoms with Crippen LogP contribution in [-0.2, 0) is 0 Å². The van der Waals surface area contributed by atoms with Crippen molar-refractivity contribution in [3.05, 3.63) is 0 Å². The van der Waals surface area contributed by atoms with Crippen molar-refractivity contribution in [2.24, 2.45) is 5.92 Å². The molecule has 0 aromatic heterocycles. The van der Waals surface area contributed by atoms with Crippen LogP contribution >= 0.6 is 0 Å². The minimum atomic E-state index is 0.171. The normalized spacial score (nSPS) is 37.1. The number of nitrogens with one attached hydrogen (secondary N) is 2. The quantitative estimate of drug-likeness (QED) is 0.815. The molecule has 0 aromatic carbocycles. The predicted octanol–water partition coefficient (Wildman–Crippen LogP) is 1.79. The first-order valence-electron chi connectivity index (χ1n) is 9.68. The summed E-state index contributed by atoms with van der Waals surface area (Å²) in [6, 6.07) is 1.05. The van der Waals surface area contributed by atoms with Crippen LogP contribution in [0.5, 0.6) is 0 Å². The summed E-state index contributed by atoms with van der Waals surface area (Å²) in [5.74, 6) is 0.786. The number of carbonyl (C=O) groups is 1. The summed E-state index contributed by atoms with van der Waals surface area (Å²) < 4.78 is 0. The van der Waals surface area contributed by atoms with Gasteiger partial charge >= 0.3 is 6.03 Å². The summed E-state index contributed by atoms with van der Waals surface area (Å²) in [5.41, 5.74) is 0.311. The van der Waals surface area contributed by atoms with E-state index in [2.05, 4.69) is 27.4 Å². The van der Waals surface area contributed by atoms with Gasteiger partial charge in [0.05, 0.1) is 0 Å². The standard InChI is InChI=1S/C18H32N4O/c1-18(22-7-3-2-4-8-22)5-9-21(10-6-18)17(23)20-16-12-14-11-15(16)19-13-14/h14-16,19H,2-13H2,1H3,(H,20,23)/t14-,15+,16+/m0/s1. The minimum absolute atomic E-state index is 0.171. The molecule has 0 spiro atoms. The molecular formula is C18H32N4O. The molecule has 0 radical (unpaired) electrons. The maximum atomic E-state index is 12.6. The highest BCUT2D eigenvalue weighted by Crippen LogP contribution is 2.33. The van der Waals surface area contributed by atoms with Gasteiger partial charge in [0, 0.05) is 30.7 Å². The lowest BCUT2D eigenvalue weighted by atomic mass is 9.86. The molecule has 5 heteroatoms. The summed E-state index contributed by atoms with van der Waals surface area (Å²) in [6.45, 7) is 7.88. The summed E-state index contributed by atoms with van der Waals surface area (Å²) in [5, 5.41) is 6.83. The summed E-state index contributed by atoms with van der Waals surface area (Å²) in [6.07, 6.45) is 8.73. The molecule has 3 saturated heterocycles. The molecule has 3 atom stereocenters. The molecule has 130 valence electrons. The molecule has 2 N–H and O–H groups in total. The number of nitrogens with zero attached hydrogens (tertiary/aromatic N) is 2. The Morgan fingerprint density at radius 3 is 2.43 bits per heavy atom. The van der Waals surface area contributed by atoms with Crippen LogP contribution < -0.4 is 10.6 Å². The Bertz CT molecular complexity index is 440. The van der Waals surface area contributed by atoms with E-state index >= 15 is 0 Å². The third-order valence-electron chi connectivity index (χ3n) is 6.89. The summed E-state index contributed by atoms with van der Waals surface area (Å²) >= 11 is 0. The fourth-order valence-corrected chi connectivity index (χ4v) is 5.20. The lowest BCUT2D eigenvalue weighted by molar-refractivity contribution is 0.0299. The maximum absolute atomic E-state index is 12.6. The molecule has 1 aliphatic carbocycles. The minimum Gasteiger partial charge on any atom is -0.334 e. The molecule has 4 fully saturated rings. The summed E-state index contributed by atoms with van der Waals surface area (Å²) in [4.78, 5) is 17.3. The lowest BCUT2D eigenvalue weighted by Crippen LogP contribution is -2.58.